The molecule has 2 rings (SSSR count). The third kappa shape index (κ3) is 3.32. The minimum atomic E-state index is -0.707. The molecule has 1 unspecified atom stereocenters. The Kier molecular flexibility index (Phi) is 4.65. The van der Waals surface area contributed by atoms with Crippen molar-refractivity contribution in [3.63, 3.8) is 0 Å². The highest BCUT2D eigenvalue weighted by Crippen LogP contribution is 2.12. The Morgan fingerprint density at radius 3 is 2.75 bits per heavy atom. The van der Waals surface area contributed by atoms with Gasteiger partial charge < -0.3 is 19.7 Å². The van der Waals surface area contributed by atoms with Crippen LogP contribution in [0.4, 0.5) is 0 Å². The van der Waals surface area contributed by atoms with Crippen LogP contribution >= 0.6 is 0 Å². The molecule has 0 spiro atoms. The van der Waals surface area contributed by atoms with Gasteiger partial charge in [0.25, 0.3) is 0 Å². The number of nitrogens with zero attached hydrogens (tertiary/aromatic N) is 2. The molecule has 1 aromatic rings. The zero-order valence-electron chi connectivity index (χ0n) is 11.0. The van der Waals surface area contributed by atoms with E-state index in [1.165, 1.54) is 0 Å². The normalized spacial score (nSPS) is 16.6. The lowest BCUT2D eigenvalue weighted by Crippen LogP contribution is -2.24. The van der Waals surface area contributed by atoms with Gasteiger partial charge in [-0.3, -0.25) is 0 Å². The third-order valence-electron chi connectivity index (χ3n) is 2.79. The summed E-state index contributed by atoms with van der Waals surface area (Å²) >= 11 is 0. The molecule has 0 bridgehead atoms. The van der Waals surface area contributed by atoms with Gasteiger partial charge in [-0.25, -0.2) is 4.79 Å². The van der Waals surface area contributed by atoms with E-state index >= 15 is 0 Å². The van der Waals surface area contributed by atoms with Gasteiger partial charge in [0, 0.05) is 0 Å². The van der Waals surface area contributed by atoms with Crippen molar-refractivity contribution in [2.75, 3.05) is 20.3 Å². The molecular weight excluding hydrogens is 260 g/mol. The molecule has 20 heavy (non-hydrogen) atoms. The van der Waals surface area contributed by atoms with Gasteiger partial charge in [0.2, 0.25) is 0 Å². The fourth-order valence-corrected chi connectivity index (χ4v) is 1.74. The van der Waals surface area contributed by atoms with Gasteiger partial charge in [0.1, 0.15) is 18.5 Å². The van der Waals surface area contributed by atoms with Crippen LogP contribution in [-0.2, 0) is 14.3 Å². The molecule has 1 atom stereocenters. The number of rotatable bonds is 5. The summed E-state index contributed by atoms with van der Waals surface area (Å²) in [4.78, 5) is 14.9. The lowest BCUT2D eigenvalue weighted by molar-refractivity contribution is -0.142. The number of ether oxygens (including phenoxy) is 3. The van der Waals surface area contributed by atoms with Gasteiger partial charge in [-0.05, 0) is 24.3 Å². The lowest BCUT2D eigenvalue weighted by atomic mass is 10.1. The number of carbonyl (C=O) groups is 1. The fraction of sp³-hybridized carbons (Fsp3) is 0.286. The van der Waals surface area contributed by atoms with E-state index in [4.69, 9.17) is 19.7 Å². The summed E-state index contributed by atoms with van der Waals surface area (Å²) in [6, 6.07) is 6.55. The number of hydrogen-bond donors (Lipinski definition) is 0. The van der Waals surface area contributed by atoms with Gasteiger partial charge in [-0.2, -0.15) is 4.79 Å². The van der Waals surface area contributed by atoms with Crippen molar-refractivity contribution >= 4 is 11.7 Å². The van der Waals surface area contributed by atoms with Crippen molar-refractivity contribution < 1.29 is 23.8 Å². The second-order valence-electron chi connectivity index (χ2n) is 4.08. The number of esters is 1. The maximum Gasteiger partial charge on any atom is 0.422 e. The van der Waals surface area contributed by atoms with Crippen LogP contribution in [0.2, 0.25) is 0 Å². The minimum absolute atomic E-state index is 0.0878. The quantitative estimate of drug-likeness (QED) is 0.266. The Balaban J connectivity index is 2.01. The Bertz CT molecular complexity index is 559. The van der Waals surface area contributed by atoms with Crippen LogP contribution in [0.1, 0.15) is 5.56 Å². The van der Waals surface area contributed by atoms with E-state index in [9.17, 15) is 4.79 Å². The second-order valence-corrected chi connectivity index (χ2v) is 4.08. The first-order chi connectivity index (χ1) is 9.74. The van der Waals surface area contributed by atoms with Gasteiger partial charge in [-0.15, -0.1) is 0 Å². The Hall–Kier alpha value is -2.43. The molecule has 0 saturated heterocycles. The third-order valence-corrected chi connectivity index (χ3v) is 2.79. The standard InChI is InChI=1S/C14H14N2O4/c1-18-11-6-4-10(5-7-11)13(16-15)14(17)20-9-12-3-2-8-19-12/h2-7,12H,8-9H2,1H3. The van der Waals surface area contributed by atoms with E-state index in [0.717, 1.165) is 0 Å². The molecule has 0 radical (unpaired) electrons. The summed E-state index contributed by atoms with van der Waals surface area (Å²) in [5.74, 6) is -0.0644. The first-order valence-electron chi connectivity index (χ1n) is 6.06. The first kappa shape index (κ1) is 14.0. The summed E-state index contributed by atoms with van der Waals surface area (Å²) in [5.41, 5.74) is 9.27. The van der Waals surface area contributed by atoms with E-state index < -0.39 is 5.97 Å². The predicted molar refractivity (Wildman–Crippen MR) is 70.6 cm³/mol. The summed E-state index contributed by atoms with van der Waals surface area (Å²) in [6.45, 7) is 0.603. The Labute approximate surface area is 116 Å². The largest absolute Gasteiger partial charge is 0.497 e. The van der Waals surface area contributed by atoms with Crippen LogP contribution in [0.15, 0.2) is 36.4 Å². The highest BCUT2D eigenvalue weighted by molar-refractivity contribution is 6.40. The molecule has 0 fully saturated rings. The maximum atomic E-state index is 11.9. The van der Waals surface area contributed by atoms with E-state index in [1.807, 2.05) is 12.2 Å². The average Bonchev–Trinajstić information content (AvgIpc) is 3.00. The summed E-state index contributed by atoms with van der Waals surface area (Å²) < 4.78 is 15.3. The number of benzene rings is 1. The molecule has 1 aliphatic rings. The zero-order valence-corrected chi connectivity index (χ0v) is 11.0. The summed E-state index contributed by atoms with van der Waals surface area (Å²) in [5, 5.41) is 0. The van der Waals surface area contributed by atoms with Crippen molar-refractivity contribution in [3.8, 4) is 5.75 Å². The fourth-order valence-electron chi connectivity index (χ4n) is 1.74. The number of methoxy groups -OCH3 is 1. The predicted octanol–water partition coefficient (Wildman–Crippen LogP) is 1.21. The number of carbonyl (C=O) groups excluding carboxylic acids is 1. The second kappa shape index (κ2) is 6.65. The molecule has 0 N–H and O–H groups in total. The van der Waals surface area contributed by atoms with Crippen LogP contribution in [0.25, 0.3) is 5.53 Å². The van der Waals surface area contributed by atoms with E-state index in [-0.39, 0.29) is 18.4 Å². The molecule has 6 nitrogen and oxygen atoms in total. The Morgan fingerprint density at radius 1 is 1.45 bits per heavy atom. The van der Waals surface area contributed by atoms with Crippen LogP contribution in [0, 0.1) is 0 Å². The minimum Gasteiger partial charge on any atom is -0.497 e. The molecular formula is C14H14N2O4. The van der Waals surface area contributed by atoms with Gasteiger partial charge in [-0.1, -0.05) is 12.2 Å². The van der Waals surface area contributed by atoms with Gasteiger partial charge in [0.05, 0.1) is 19.3 Å². The van der Waals surface area contributed by atoms with Crippen molar-refractivity contribution in [3.05, 3.63) is 47.5 Å². The smallest absolute Gasteiger partial charge is 0.422 e. The zero-order chi connectivity index (χ0) is 14.4. The SMILES string of the molecule is COc1ccc(C(=[N+]=[N-])C(=O)OCC2C=CCO2)cc1. The molecule has 0 saturated carbocycles. The average molecular weight is 274 g/mol. The molecule has 6 heteroatoms. The molecule has 0 aliphatic carbocycles. The van der Waals surface area contributed by atoms with E-state index in [0.29, 0.717) is 17.9 Å². The molecule has 1 aliphatic heterocycles. The van der Waals surface area contributed by atoms with Crippen LogP contribution in [0.3, 0.4) is 0 Å². The monoisotopic (exact) mass is 274 g/mol. The van der Waals surface area contributed by atoms with E-state index in [2.05, 4.69) is 4.79 Å². The van der Waals surface area contributed by atoms with Crippen molar-refractivity contribution in [2.45, 2.75) is 6.10 Å². The maximum absolute atomic E-state index is 11.9. The van der Waals surface area contributed by atoms with Crippen LogP contribution in [0.5, 0.6) is 5.75 Å². The molecule has 1 heterocycles. The van der Waals surface area contributed by atoms with Crippen LogP contribution in [-0.4, -0.2) is 42.9 Å². The Morgan fingerprint density at radius 2 is 2.20 bits per heavy atom. The van der Waals surface area contributed by atoms with Gasteiger partial charge in [0.15, 0.2) is 0 Å². The van der Waals surface area contributed by atoms with E-state index in [1.54, 1.807) is 31.4 Å². The first-order valence-corrected chi connectivity index (χ1v) is 6.06. The highest BCUT2D eigenvalue weighted by Gasteiger charge is 2.26. The van der Waals surface area contributed by atoms with Crippen molar-refractivity contribution in [1.29, 1.82) is 0 Å². The van der Waals surface area contributed by atoms with Crippen molar-refractivity contribution in [1.82, 2.24) is 0 Å². The lowest BCUT2D eigenvalue weighted by Gasteiger charge is -2.07. The summed E-state index contributed by atoms with van der Waals surface area (Å²) in [7, 11) is 1.54. The molecule has 104 valence electrons. The molecule has 1 aromatic carbocycles. The number of hydrogen-bond acceptors (Lipinski definition) is 4. The van der Waals surface area contributed by atoms with Gasteiger partial charge >= 0.3 is 11.7 Å². The van der Waals surface area contributed by atoms with Crippen molar-refractivity contribution in [2.24, 2.45) is 0 Å². The topological polar surface area (TPSA) is 81.2 Å². The van der Waals surface area contributed by atoms with Crippen LogP contribution < -0.4 is 4.74 Å². The highest BCUT2D eigenvalue weighted by atomic mass is 16.6. The molecule has 0 aromatic heterocycles. The molecule has 0 amide bonds. The summed E-state index contributed by atoms with van der Waals surface area (Å²) in [6.07, 6.45) is 3.43.